The Morgan fingerprint density at radius 1 is 1.37 bits per heavy atom. The zero-order valence-corrected chi connectivity index (χ0v) is 11.1. The Morgan fingerprint density at radius 3 is 2.95 bits per heavy atom. The maximum atomic E-state index is 13.3. The van der Waals surface area contributed by atoms with Gasteiger partial charge in [0.05, 0.1) is 12.7 Å². The van der Waals surface area contributed by atoms with Gasteiger partial charge in [0.25, 0.3) is 0 Å². The molecule has 19 heavy (non-hydrogen) atoms. The second-order valence-electron chi connectivity index (χ2n) is 3.82. The monoisotopic (exact) mass is 281 g/mol. The zero-order valence-electron chi connectivity index (χ0n) is 10.4. The highest BCUT2D eigenvalue weighted by atomic mass is 35.5. The second-order valence-corrected chi connectivity index (χ2v) is 4.23. The van der Waals surface area contributed by atoms with Gasteiger partial charge in [-0.15, -0.1) is 0 Å². The Bertz CT molecular complexity index is 565. The van der Waals surface area contributed by atoms with Crippen LogP contribution in [-0.2, 0) is 0 Å². The molecule has 0 bridgehead atoms. The van der Waals surface area contributed by atoms with Gasteiger partial charge in [0.1, 0.15) is 23.3 Å². The van der Waals surface area contributed by atoms with E-state index in [0.29, 0.717) is 29.8 Å². The summed E-state index contributed by atoms with van der Waals surface area (Å²) in [6.45, 7) is 2.54. The summed E-state index contributed by atoms with van der Waals surface area (Å²) in [7, 11) is 0. The molecule has 1 N–H and O–H groups in total. The topological polar surface area (TPSA) is 47.0 Å². The largest absolute Gasteiger partial charge is 0.489 e. The fourth-order valence-corrected chi connectivity index (χ4v) is 1.63. The predicted molar refractivity (Wildman–Crippen MR) is 72.2 cm³/mol. The summed E-state index contributed by atoms with van der Waals surface area (Å²) in [4.78, 5) is 8.11. The van der Waals surface area contributed by atoms with Crippen LogP contribution in [0.2, 0.25) is 5.02 Å². The molecule has 1 aromatic carbocycles. The molecular formula is C13H13ClFN3O. The van der Waals surface area contributed by atoms with Gasteiger partial charge in [-0.05, 0) is 19.1 Å². The van der Waals surface area contributed by atoms with Gasteiger partial charge in [-0.1, -0.05) is 23.7 Å². The van der Waals surface area contributed by atoms with Crippen molar-refractivity contribution in [2.24, 2.45) is 0 Å². The summed E-state index contributed by atoms with van der Waals surface area (Å²) >= 11 is 5.93. The minimum absolute atomic E-state index is 0.231. The third-order valence-corrected chi connectivity index (χ3v) is 2.63. The molecule has 0 spiro atoms. The Hall–Kier alpha value is -1.88. The molecular weight excluding hydrogens is 269 g/mol. The third kappa shape index (κ3) is 3.79. The molecule has 0 atom stereocenters. The van der Waals surface area contributed by atoms with Gasteiger partial charge in [0.15, 0.2) is 11.6 Å². The maximum Gasteiger partial charge on any atom is 0.165 e. The van der Waals surface area contributed by atoms with Crippen LogP contribution < -0.4 is 10.1 Å². The molecule has 0 unspecified atom stereocenters. The number of hydrogen-bond donors (Lipinski definition) is 1. The first-order valence-electron chi connectivity index (χ1n) is 5.77. The van der Waals surface area contributed by atoms with Crippen LogP contribution in [0.1, 0.15) is 5.82 Å². The molecule has 4 nitrogen and oxygen atoms in total. The van der Waals surface area contributed by atoms with E-state index in [1.807, 2.05) is 0 Å². The first-order valence-corrected chi connectivity index (χ1v) is 6.15. The number of anilines is 1. The molecule has 6 heteroatoms. The highest BCUT2D eigenvalue weighted by molar-refractivity contribution is 6.32. The summed E-state index contributed by atoms with van der Waals surface area (Å²) in [5, 5.41) is 3.45. The fraction of sp³-hybridized carbons (Fsp3) is 0.231. The Kier molecular flexibility index (Phi) is 4.52. The molecule has 0 aliphatic carbocycles. The van der Waals surface area contributed by atoms with Gasteiger partial charge in [0, 0.05) is 0 Å². The van der Waals surface area contributed by atoms with Crippen molar-refractivity contribution in [1.82, 2.24) is 9.97 Å². The van der Waals surface area contributed by atoms with Gasteiger partial charge in [0.2, 0.25) is 0 Å². The van der Waals surface area contributed by atoms with Crippen LogP contribution in [0, 0.1) is 12.7 Å². The lowest BCUT2D eigenvalue weighted by atomic mass is 10.3. The summed E-state index contributed by atoms with van der Waals surface area (Å²) in [5.74, 6) is 1.03. The summed E-state index contributed by atoms with van der Waals surface area (Å²) in [5.41, 5.74) is 0. The normalized spacial score (nSPS) is 10.3. The molecule has 0 aliphatic rings. The first kappa shape index (κ1) is 13.5. The standard InChI is InChI=1S/C13H13ClFN3O/c1-9-17-8-10(14)13(18-9)16-6-7-19-12-5-3-2-4-11(12)15/h2-5,8H,6-7H2,1H3,(H,16,17,18). The molecule has 100 valence electrons. The predicted octanol–water partition coefficient (Wildman–Crippen LogP) is 3.07. The third-order valence-electron chi connectivity index (χ3n) is 2.35. The molecule has 1 heterocycles. The lowest BCUT2D eigenvalue weighted by molar-refractivity contribution is 0.315. The summed E-state index contributed by atoms with van der Waals surface area (Å²) in [6, 6.07) is 6.27. The number of benzene rings is 1. The van der Waals surface area contributed by atoms with Crippen molar-refractivity contribution in [2.45, 2.75) is 6.92 Å². The number of para-hydroxylation sites is 1. The lowest BCUT2D eigenvalue weighted by Gasteiger charge is -2.09. The van der Waals surface area contributed by atoms with Crippen LogP contribution in [0.4, 0.5) is 10.2 Å². The van der Waals surface area contributed by atoms with E-state index in [0.717, 1.165) is 0 Å². The smallest absolute Gasteiger partial charge is 0.165 e. The van der Waals surface area contributed by atoms with Gasteiger partial charge < -0.3 is 10.1 Å². The highest BCUT2D eigenvalue weighted by Gasteiger charge is 2.04. The van der Waals surface area contributed by atoms with E-state index in [-0.39, 0.29) is 11.6 Å². The number of aryl methyl sites for hydroxylation is 1. The van der Waals surface area contributed by atoms with Gasteiger partial charge >= 0.3 is 0 Å². The molecule has 2 rings (SSSR count). The van der Waals surface area contributed by atoms with Crippen molar-refractivity contribution in [2.75, 3.05) is 18.5 Å². The average molecular weight is 282 g/mol. The Morgan fingerprint density at radius 2 is 2.16 bits per heavy atom. The van der Waals surface area contributed by atoms with E-state index in [2.05, 4.69) is 15.3 Å². The number of nitrogens with zero attached hydrogens (tertiary/aromatic N) is 2. The number of rotatable bonds is 5. The average Bonchev–Trinajstić information content (AvgIpc) is 2.40. The SMILES string of the molecule is Cc1ncc(Cl)c(NCCOc2ccccc2F)n1. The molecule has 0 saturated carbocycles. The molecule has 0 fully saturated rings. The molecule has 0 amide bonds. The number of halogens is 2. The molecule has 0 saturated heterocycles. The van der Waals surface area contributed by atoms with E-state index < -0.39 is 0 Å². The highest BCUT2D eigenvalue weighted by Crippen LogP contribution is 2.18. The van der Waals surface area contributed by atoms with Crippen LogP contribution in [0.3, 0.4) is 0 Å². The van der Waals surface area contributed by atoms with Crippen LogP contribution in [0.15, 0.2) is 30.5 Å². The van der Waals surface area contributed by atoms with Gasteiger partial charge in [-0.2, -0.15) is 0 Å². The number of aromatic nitrogens is 2. The van der Waals surface area contributed by atoms with Gasteiger partial charge in [-0.3, -0.25) is 0 Å². The van der Waals surface area contributed by atoms with Crippen LogP contribution in [-0.4, -0.2) is 23.1 Å². The van der Waals surface area contributed by atoms with Crippen LogP contribution >= 0.6 is 11.6 Å². The quantitative estimate of drug-likeness (QED) is 0.856. The zero-order chi connectivity index (χ0) is 13.7. The van der Waals surface area contributed by atoms with E-state index >= 15 is 0 Å². The van der Waals surface area contributed by atoms with E-state index in [9.17, 15) is 4.39 Å². The van der Waals surface area contributed by atoms with Crippen molar-refractivity contribution < 1.29 is 9.13 Å². The van der Waals surface area contributed by atoms with Crippen molar-refractivity contribution in [3.05, 3.63) is 47.1 Å². The summed E-state index contributed by atoms with van der Waals surface area (Å²) < 4.78 is 18.6. The molecule has 1 aromatic heterocycles. The van der Waals surface area contributed by atoms with Gasteiger partial charge in [-0.25, -0.2) is 14.4 Å². The van der Waals surface area contributed by atoms with Crippen molar-refractivity contribution >= 4 is 17.4 Å². The maximum absolute atomic E-state index is 13.3. The van der Waals surface area contributed by atoms with Crippen molar-refractivity contribution in [1.29, 1.82) is 0 Å². The molecule has 0 aliphatic heterocycles. The Balaban J connectivity index is 1.84. The molecule has 0 radical (unpaired) electrons. The number of nitrogens with one attached hydrogen (secondary N) is 1. The minimum Gasteiger partial charge on any atom is -0.489 e. The number of ether oxygens (including phenoxy) is 1. The lowest BCUT2D eigenvalue weighted by Crippen LogP contribution is -2.13. The van der Waals surface area contributed by atoms with E-state index in [1.165, 1.54) is 12.3 Å². The van der Waals surface area contributed by atoms with Crippen molar-refractivity contribution in [3.63, 3.8) is 0 Å². The van der Waals surface area contributed by atoms with Crippen LogP contribution in [0.5, 0.6) is 5.75 Å². The second kappa shape index (κ2) is 6.33. The van der Waals surface area contributed by atoms with E-state index in [1.54, 1.807) is 25.1 Å². The summed E-state index contributed by atoms with van der Waals surface area (Å²) in [6.07, 6.45) is 1.53. The van der Waals surface area contributed by atoms with E-state index in [4.69, 9.17) is 16.3 Å². The first-order chi connectivity index (χ1) is 9.16. The molecule has 2 aromatic rings. The van der Waals surface area contributed by atoms with Crippen molar-refractivity contribution in [3.8, 4) is 5.75 Å². The number of hydrogen-bond acceptors (Lipinski definition) is 4. The van der Waals surface area contributed by atoms with Crippen LogP contribution in [0.25, 0.3) is 0 Å². The Labute approximate surface area is 115 Å². The fourth-order valence-electron chi connectivity index (χ4n) is 1.47. The minimum atomic E-state index is -0.376.